The fraction of sp³-hybridized carbons (Fsp3) is 0. The predicted molar refractivity (Wildman–Crippen MR) is 39.3 cm³/mol. The van der Waals surface area contributed by atoms with Gasteiger partial charge in [-0.05, 0) is 6.07 Å². The summed E-state index contributed by atoms with van der Waals surface area (Å²) in [7, 11) is 0. The molecule has 0 saturated carbocycles. The maximum Gasteiger partial charge on any atom is 0.372 e. The molecule has 1 heterocycles. The molecule has 13 heavy (non-hydrogen) atoms. The van der Waals surface area contributed by atoms with E-state index >= 15 is 0 Å². The van der Waals surface area contributed by atoms with Gasteiger partial charge in [-0.3, -0.25) is 20.7 Å². The number of urea groups is 1. The van der Waals surface area contributed by atoms with Crippen LogP contribution < -0.4 is 11.0 Å². The van der Waals surface area contributed by atoms with Crippen molar-refractivity contribution >= 4 is 11.8 Å². The average molecular weight is 186 g/mol. The Morgan fingerprint density at radius 2 is 2.31 bits per heavy atom. The molecule has 0 radical (unpaired) electrons. The molecule has 0 bridgehead atoms. The van der Waals surface area contributed by atoms with Crippen LogP contribution in [0.15, 0.2) is 17.1 Å². The highest BCUT2D eigenvalue weighted by Gasteiger charge is 2.07. The lowest BCUT2D eigenvalue weighted by Gasteiger charge is -2.06. The number of amides is 2. The van der Waals surface area contributed by atoms with Crippen molar-refractivity contribution in [2.75, 3.05) is 5.32 Å². The number of H-pyrrole nitrogens is 1. The van der Waals surface area contributed by atoms with E-state index < -0.39 is 16.9 Å². The van der Waals surface area contributed by atoms with Crippen LogP contribution in [0.25, 0.3) is 0 Å². The van der Waals surface area contributed by atoms with Crippen molar-refractivity contribution in [2.45, 2.75) is 0 Å². The van der Waals surface area contributed by atoms with Crippen LogP contribution in [0.2, 0.25) is 0 Å². The molecule has 1 rings (SSSR count). The van der Waals surface area contributed by atoms with E-state index in [9.17, 15) is 9.59 Å². The van der Waals surface area contributed by atoms with Gasteiger partial charge in [-0.2, -0.15) is 0 Å². The second-order valence-electron chi connectivity index (χ2n) is 2.01. The Hall–Kier alpha value is -1.93. The highest BCUT2D eigenvalue weighted by Crippen LogP contribution is 1.96. The van der Waals surface area contributed by atoms with Crippen molar-refractivity contribution in [3.63, 3.8) is 0 Å². The molecule has 0 aliphatic carbocycles. The average Bonchev–Trinajstić information content (AvgIpc) is 2.04. The highest BCUT2D eigenvalue weighted by atomic mass is 16.8. The number of hydrogen-bond acceptors (Lipinski definition) is 5. The zero-order chi connectivity index (χ0) is 9.84. The van der Waals surface area contributed by atoms with Crippen LogP contribution >= 0.6 is 0 Å². The minimum atomic E-state index is -1.19. The van der Waals surface area contributed by atoms with Gasteiger partial charge in [0.2, 0.25) is 0 Å². The van der Waals surface area contributed by atoms with Crippen molar-refractivity contribution in [2.24, 2.45) is 0 Å². The topological polar surface area (TPSA) is 119 Å². The van der Waals surface area contributed by atoms with E-state index in [1.807, 2.05) is 5.32 Å². The lowest BCUT2D eigenvalue weighted by atomic mass is 10.6. The largest absolute Gasteiger partial charge is 0.372 e. The van der Waals surface area contributed by atoms with Crippen molar-refractivity contribution in [3.8, 4) is 0 Å². The number of aromatic amines is 1. The van der Waals surface area contributed by atoms with E-state index in [1.54, 1.807) is 0 Å². The molecule has 4 N–H and O–H groups in total. The number of carbonyl (C=O) groups excluding carboxylic acids is 1. The van der Waals surface area contributed by atoms with Gasteiger partial charge >= 0.3 is 11.7 Å². The van der Waals surface area contributed by atoms with Gasteiger partial charge < -0.3 is 0 Å². The molecule has 2 amide bonds. The zero-order valence-corrected chi connectivity index (χ0v) is 6.26. The Kier molecular flexibility index (Phi) is 2.57. The number of anilines is 1. The molecule has 70 valence electrons. The first-order valence-corrected chi connectivity index (χ1v) is 3.14. The molecule has 0 aliphatic heterocycles. The molecule has 0 unspecified atom stereocenters. The SMILES string of the molecule is O=C(Nc1ccnc(=O)[nH]1)N(O)O. The minimum Gasteiger partial charge on any atom is -0.292 e. The molecule has 0 atom stereocenters. The number of aromatic nitrogens is 2. The van der Waals surface area contributed by atoms with Gasteiger partial charge in [0.15, 0.2) is 0 Å². The molecule has 0 saturated heterocycles. The van der Waals surface area contributed by atoms with Gasteiger partial charge in [-0.25, -0.2) is 14.6 Å². The van der Waals surface area contributed by atoms with Crippen LogP contribution in [0.4, 0.5) is 10.6 Å². The minimum absolute atomic E-state index is 0.0121. The number of carbonyl (C=O) groups is 1. The molecule has 8 nitrogen and oxygen atoms in total. The summed E-state index contributed by atoms with van der Waals surface area (Å²) >= 11 is 0. The van der Waals surface area contributed by atoms with Crippen LogP contribution in [0.3, 0.4) is 0 Å². The van der Waals surface area contributed by atoms with E-state index in [2.05, 4.69) is 9.97 Å². The maximum atomic E-state index is 10.6. The third-order valence-electron chi connectivity index (χ3n) is 1.10. The lowest BCUT2D eigenvalue weighted by molar-refractivity contribution is -0.255. The quantitative estimate of drug-likeness (QED) is 0.344. The van der Waals surface area contributed by atoms with Crippen LogP contribution in [0, 0.1) is 0 Å². The Labute approximate surface area is 71.4 Å². The summed E-state index contributed by atoms with van der Waals surface area (Å²) in [5.41, 5.74) is -0.653. The van der Waals surface area contributed by atoms with E-state index in [1.165, 1.54) is 6.07 Å². The second kappa shape index (κ2) is 3.65. The van der Waals surface area contributed by atoms with Gasteiger partial charge in [0, 0.05) is 6.20 Å². The van der Waals surface area contributed by atoms with E-state index in [4.69, 9.17) is 10.4 Å². The first-order chi connectivity index (χ1) is 6.09. The molecule has 0 fully saturated rings. The number of hydrogen-bond donors (Lipinski definition) is 4. The molecular formula is C5H6N4O4. The number of rotatable bonds is 1. The van der Waals surface area contributed by atoms with E-state index in [0.717, 1.165) is 6.20 Å². The van der Waals surface area contributed by atoms with Crippen molar-refractivity contribution in [1.29, 1.82) is 0 Å². The monoisotopic (exact) mass is 186 g/mol. The van der Waals surface area contributed by atoms with Gasteiger partial charge in [0.25, 0.3) is 0 Å². The maximum absolute atomic E-state index is 10.6. The van der Waals surface area contributed by atoms with Crippen molar-refractivity contribution < 1.29 is 15.2 Å². The normalized spacial score (nSPS) is 9.38. The van der Waals surface area contributed by atoms with Gasteiger partial charge in [-0.15, -0.1) is 0 Å². The molecule has 0 aliphatic rings. The Morgan fingerprint density at radius 1 is 1.62 bits per heavy atom. The van der Waals surface area contributed by atoms with Crippen molar-refractivity contribution in [1.82, 2.24) is 15.2 Å². The fourth-order valence-corrected chi connectivity index (χ4v) is 0.607. The first kappa shape index (κ1) is 9.16. The van der Waals surface area contributed by atoms with Gasteiger partial charge in [0.1, 0.15) is 5.82 Å². The lowest BCUT2D eigenvalue weighted by Crippen LogP contribution is -2.29. The summed E-state index contributed by atoms with van der Waals surface area (Å²) in [4.78, 5) is 26.6. The van der Waals surface area contributed by atoms with Crippen LogP contribution in [0.1, 0.15) is 0 Å². The van der Waals surface area contributed by atoms with E-state index in [0.29, 0.717) is 0 Å². The molecule has 1 aromatic rings. The molecule has 0 aromatic carbocycles. The number of nitrogens with one attached hydrogen (secondary N) is 2. The standard InChI is InChI=1S/C5H6N4O4/c10-4-6-2-1-3(7-4)8-5(11)9(12)13/h1-2,12-13H,(H2,6,7,8,10,11). The van der Waals surface area contributed by atoms with Crippen LogP contribution in [-0.2, 0) is 0 Å². The molecule has 0 spiro atoms. The summed E-state index contributed by atoms with van der Waals surface area (Å²) in [6, 6.07) is 0.0878. The van der Waals surface area contributed by atoms with Crippen molar-refractivity contribution in [3.05, 3.63) is 22.7 Å². The van der Waals surface area contributed by atoms with Crippen LogP contribution in [0.5, 0.6) is 0 Å². The van der Waals surface area contributed by atoms with Gasteiger partial charge in [0.05, 0.1) is 0 Å². The Morgan fingerprint density at radius 3 is 2.85 bits per heavy atom. The highest BCUT2D eigenvalue weighted by molar-refractivity contribution is 5.86. The third-order valence-corrected chi connectivity index (χ3v) is 1.10. The summed E-state index contributed by atoms with van der Waals surface area (Å²) in [5, 5.41) is 17.8. The molecular weight excluding hydrogens is 180 g/mol. The first-order valence-electron chi connectivity index (χ1n) is 3.14. The predicted octanol–water partition coefficient (Wildman–Crippen LogP) is -0.618. The van der Waals surface area contributed by atoms with E-state index in [-0.39, 0.29) is 5.82 Å². The fourth-order valence-electron chi connectivity index (χ4n) is 0.607. The zero-order valence-electron chi connectivity index (χ0n) is 6.26. The Balaban J connectivity index is 2.75. The Bertz CT molecular complexity index is 360. The summed E-state index contributed by atoms with van der Waals surface area (Å²) in [6.07, 6.45) is 1.16. The summed E-state index contributed by atoms with van der Waals surface area (Å²) < 4.78 is 0. The third kappa shape index (κ3) is 2.54. The second-order valence-corrected chi connectivity index (χ2v) is 2.01. The smallest absolute Gasteiger partial charge is 0.292 e. The number of nitrogens with zero attached hydrogens (tertiary/aromatic N) is 2. The number of hydroxylamine groups is 2. The van der Waals surface area contributed by atoms with Crippen LogP contribution in [-0.4, -0.2) is 31.6 Å². The molecule has 8 heteroatoms. The summed E-state index contributed by atoms with van der Waals surface area (Å²) in [6.45, 7) is 0. The molecule has 1 aromatic heterocycles. The van der Waals surface area contributed by atoms with Gasteiger partial charge in [-0.1, -0.05) is 5.23 Å². The summed E-state index contributed by atoms with van der Waals surface area (Å²) in [5.74, 6) is 0.0121.